The minimum atomic E-state index is -0.696. The molecule has 1 saturated heterocycles. The second-order valence-corrected chi connectivity index (χ2v) is 4.27. The number of rotatable bonds is 2. The lowest BCUT2D eigenvalue weighted by atomic mass is 9.94. The molecule has 0 aromatic rings. The van der Waals surface area contributed by atoms with Crippen molar-refractivity contribution in [1.82, 2.24) is 0 Å². The summed E-state index contributed by atoms with van der Waals surface area (Å²) in [5.74, 6) is 0.987. The van der Waals surface area contributed by atoms with Gasteiger partial charge in [0.25, 0.3) is 0 Å². The third kappa shape index (κ3) is 1.33. The number of thioether (sulfide) groups is 1. The fourth-order valence-corrected chi connectivity index (χ4v) is 2.60. The quantitative estimate of drug-likeness (QED) is 0.666. The maximum Gasteiger partial charge on any atom is 0.155 e. The standard InChI is InChI=1S/C9H13NOS/c1-3-9(7(2)11)8(10)5-4-6-12-9/h3,10H,1,4-6H2,2H3. The molecule has 0 aromatic heterocycles. The molecule has 0 radical (unpaired) electrons. The van der Waals surface area contributed by atoms with Gasteiger partial charge in [0.2, 0.25) is 0 Å². The van der Waals surface area contributed by atoms with E-state index in [1.807, 2.05) is 0 Å². The van der Waals surface area contributed by atoms with Gasteiger partial charge in [0, 0.05) is 5.71 Å². The second-order valence-electron chi connectivity index (χ2n) is 2.93. The molecule has 1 atom stereocenters. The van der Waals surface area contributed by atoms with Crippen molar-refractivity contribution >= 4 is 23.3 Å². The zero-order valence-electron chi connectivity index (χ0n) is 7.22. The smallest absolute Gasteiger partial charge is 0.155 e. The summed E-state index contributed by atoms with van der Waals surface area (Å²) in [7, 11) is 0. The number of hydrogen-bond acceptors (Lipinski definition) is 3. The number of carbonyl (C=O) groups excluding carboxylic acids is 1. The van der Waals surface area contributed by atoms with Crippen LogP contribution in [0.5, 0.6) is 0 Å². The molecule has 1 N–H and O–H groups in total. The highest BCUT2D eigenvalue weighted by Crippen LogP contribution is 2.35. The zero-order chi connectivity index (χ0) is 9.19. The Hall–Kier alpha value is -0.570. The Morgan fingerprint density at radius 3 is 2.83 bits per heavy atom. The minimum absolute atomic E-state index is 0.0344. The molecule has 1 heterocycles. The van der Waals surface area contributed by atoms with Crippen LogP contribution < -0.4 is 0 Å². The molecule has 1 fully saturated rings. The van der Waals surface area contributed by atoms with Crippen molar-refractivity contribution in [3.8, 4) is 0 Å². The Morgan fingerprint density at radius 1 is 1.83 bits per heavy atom. The molecule has 0 saturated carbocycles. The molecule has 0 bridgehead atoms. The molecule has 1 aliphatic rings. The zero-order valence-corrected chi connectivity index (χ0v) is 8.04. The number of nitrogens with one attached hydrogen (secondary N) is 1. The van der Waals surface area contributed by atoms with Gasteiger partial charge in [0.15, 0.2) is 5.78 Å². The number of ketones is 1. The van der Waals surface area contributed by atoms with E-state index in [-0.39, 0.29) is 5.78 Å². The van der Waals surface area contributed by atoms with Crippen LogP contribution in [0.1, 0.15) is 19.8 Å². The third-order valence-corrected chi connectivity index (χ3v) is 3.81. The largest absolute Gasteiger partial charge is 0.307 e. The van der Waals surface area contributed by atoms with Crippen LogP contribution in [0.15, 0.2) is 12.7 Å². The van der Waals surface area contributed by atoms with Gasteiger partial charge in [-0.3, -0.25) is 4.79 Å². The highest BCUT2D eigenvalue weighted by molar-refractivity contribution is 8.02. The first-order chi connectivity index (χ1) is 5.63. The van der Waals surface area contributed by atoms with Crippen molar-refractivity contribution in [1.29, 1.82) is 5.41 Å². The van der Waals surface area contributed by atoms with Gasteiger partial charge in [-0.25, -0.2) is 0 Å². The van der Waals surface area contributed by atoms with Crippen LogP contribution in [0.3, 0.4) is 0 Å². The molecule has 1 aliphatic heterocycles. The Balaban J connectivity index is 2.96. The first kappa shape index (κ1) is 9.52. The average molecular weight is 183 g/mol. The summed E-state index contributed by atoms with van der Waals surface area (Å²) >= 11 is 1.53. The van der Waals surface area contributed by atoms with Crippen LogP contribution >= 0.6 is 11.8 Å². The number of hydrogen-bond donors (Lipinski definition) is 1. The summed E-state index contributed by atoms with van der Waals surface area (Å²) in [6.07, 6.45) is 3.35. The molecular formula is C9H13NOS. The van der Waals surface area contributed by atoms with Gasteiger partial charge in [-0.2, -0.15) is 0 Å². The van der Waals surface area contributed by atoms with Crippen LogP contribution in [0.25, 0.3) is 0 Å². The summed E-state index contributed by atoms with van der Waals surface area (Å²) in [5, 5.41) is 7.71. The first-order valence-electron chi connectivity index (χ1n) is 4.00. The summed E-state index contributed by atoms with van der Waals surface area (Å²) < 4.78 is -0.696. The van der Waals surface area contributed by atoms with Gasteiger partial charge in [-0.1, -0.05) is 6.08 Å². The lowest BCUT2D eigenvalue weighted by Crippen LogP contribution is -2.42. The first-order valence-corrected chi connectivity index (χ1v) is 4.98. The maximum atomic E-state index is 11.3. The molecule has 1 rings (SSSR count). The van der Waals surface area contributed by atoms with E-state index in [9.17, 15) is 4.79 Å². The van der Waals surface area contributed by atoms with Gasteiger partial charge in [0.1, 0.15) is 4.75 Å². The topological polar surface area (TPSA) is 40.9 Å². The summed E-state index contributed by atoms with van der Waals surface area (Å²) in [4.78, 5) is 11.3. The van der Waals surface area contributed by atoms with E-state index in [2.05, 4.69) is 6.58 Å². The fourth-order valence-electron chi connectivity index (χ4n) is 1.39. The van der Waals surface area contributed by atoms with Gasteiger partial charge >= 0.3 is 0 Å². The van der Waals surface area contributed by atoms with Gasteiger partial charge in [0.05, 0.1) is 0 Å². The van der Waals surface area contributed by atoms with E-state index in [0.29, 0.717) is 5.71 Å². The normalized spacial score (nSPS) is 29.9. The molecule has 0 aliphatic carbocycles. The summed E-state index contributed by atoms with van der Waals surface area (Å²) in [6, 6.07) is 0. The Bertz CT molecular complexity index is 237. The molecule has 12 heavy (non-hydrogen) atoms. The van der Waals surface area contributed by atoms with Crippen molar-refractivity contribution in [3.05, 3.63) is 12.7 Å². The van der Waals surface area contributed by atoms with Gasteiger partial charge in [-0.05, 0) is 25.5 Å². The van der Waals surface area contributed by atoms with E-state index in [1.54, 1.807) is 6.08 Å². The van der Waals surface area contributed by atoms with Crippen molar-refractivity contribution in [2.24, 2.45) is 0 Å². The van der Waals surface area contributed by atoms with E-state index in [0.717, 1.165) is 18.6 Å². The molecule has 3 heteroatoms. The van der Waals surface area contributed by atoms with E-state index < -0.39 is 4.75 Å². The van der Waals surface area contributed by atoms with Crippen molar-refractivity contribution in [2.45, 2.75) is 24.5 Å². The molecule has 0 spiro atoms. The molecular weight excluding hydrogens is 170 g/mol. The van der Waals surface area contributed by atoms with Crippen LogP contribution in [0, 0.1) is 5.41 Å². The molecule has 2 nitrogen and oxygen atoms in total. The van der Waals surface area contributed by atoms with Gasteiger partial charge < -0.3 is 5.41 Å². The van der Waals surface area contributed by atoms with E-state index in [1.165, 1.54) is 18.7 Å². The maximum absolute atomic E-state index is 11.3. The molecule has 0 aromatic carbocycles. The number of Topliss-reactive ketones (excluding diaryl/α,β-unsaturated/α-hetero) is 1. The Morgan fingerprint density at radius 2 is 2.50 bits per heavy atom. The van der Waals surface area contributed by atoms with Crippen LogP contribution in [0.2, 0.25) is 0 Å². The van der Waals surface area contributed by atoms with Crippen LogP contribution in [-0.2, 0) is 4.79 Å². The fraction of sp³-hybridized carbons (Fsp3) is 0.556. The predicted molar refractivity (Wildman–Crippen MR) is 53.0 cm³/mol. The van der Waals surface area contributed by atoms with Crippen molar-refractivity contribution in [2.75, 3.05) is 5.75 Å². The highest BCUT2D eigenvalue weighted by atomic mass is 32.2. The third-order valence-electron chi connectivity index (χ3n) is 2.16. The van der Waals surface area contributed by atoms with Gasteiger partial charge in [-0.15, -0.1) is 18.3 Å². The summed E-state index contributed by atoms with van der Waals surface area (Å²) in [5.41, 5.74) is 0.515. The van der Waals surface area contributed by atoms with Crippen molar-refractivity contribution in [3.63, 3.8) is 0 Å². The minimum Gasteiger partial charge on any atom is -0.307 e. The van der Waals surface area contributed by atoms with Crippen LogP contribution in [0.4, 0.5) is 0 Å². The highest BCUT2D eigenvalue weighted by Gasteiger charge is 2.39. The van der Waals surface area contributed by atoms with Crippen molar-refractivity contribution < 1.29 is 4.79 Å². The molecule has 0 amide bonds. The second kappa shape index (κ2) is 3.44. The molecule has 66 valence electrons. The molecule has 1 unspecified atom stereocenters. The Labute approximate surface area is 76.9 Å². The van der Waals surface area contributed by atoms with Crippen LogP contribution in [-0.4, -0.2) is 22.0 Å². The van der Waals surface area contributed by atoms with E-state index >= 15 is 0 Å². The predicted octanol–water partition coefficient (Wildman–Crippen LogP) is 2.05. The Kier molecular flexibility index (Phi) is 2.73. The SMILES string of the molecule is C=CC1(C(C)=O)SCCCC1=N. The summed E-state index contributed by atoms with van der Waals surface area (Å²) in [6.45, 7) is 5.18. The lowest BCUT2D eigenvalue weighted by molar-refractivity contribution is -0.116. The lowest BCUT2D eigenvalue weighted by Gasteiger charge is -2.31. The van der Waals surface area contributed by atoms with E-state index in [4.69, 9.17) is 5.41 Å². The average Bonchev–Trinajstić information content (AvgIpc) is 2.05. The monoisotopic (exact) mass is 183 g/mol. The number of carbonyl (C=O) groups is 1.